The molecule has 1 aromatic heterocycles. The van der Waals surface area contributed by atoms with Crippen LogP contribution in [0.4, 0.5) is 5.69 Å². The van der Waals surface area contributed by atoms with Crippen LogP contribution >= 0.6 is 0 Å². The molecule has 1 saturated carbocycles. The van der Waals surface area contributed by atoms with Crippen LogP contribution in [0.5, 0.6) is 0 Å². The number of aromatic nitrogens is 2. The zero-order valence-electron chi connectivity index (χ0n) is 16.4. The highest BCUT2D eigenvalue weighted by atomic mass is 16.5. The van der Waals surface area contributed by atoms with Crippen molar-refractivity contribution in [1.82, 2.24) is 9.78 Å². The average molecular weight is 395 g/mol. The Morgan fingerprint density at radius 2 is 2.03 bits per heavy atom. The van der Waals surface area contributed by atoms with E-state index in [9.17, 15) is 4.79 Å². The predicted molar refractivity (Wildman–Crippen MR) is 111 cm³/mol. The molecule has 152 valence electrons. The Bertz CT molecular complexity index is 959. The van der Waals surface area contributed by atoms with Gasteiger partial charge in [-0.2, -0.15) is 10.1 Å². The van der Waals surface area contributed by atoms with E-state index in [0.717, 1.165) is 37.8 Å². The Labute approximate surface area is 169 Å². The van der Waals surface area contributed by atoms with Gasteiger partial charge in [0.15, 0.2) is 0 Å². The van der Waals surface area contributed by atoms with E-state index in [-0.39, 0.29) is 18.5 Å². The highest BCUT2D eigenvalue weighted by Gasteiger charge is 2.44. The molecule has 9 heteroatoms. The highest BCUT2D eigenvalue weighted by molar-refractivity contribution is 6.09. The predicted octanol–water partition coefficient (Wildman–Crippen LogP) is 2.16. The number of nitrogens with two attached hydrogens (primary N) is 2. The van der Waals surface area contributed by atoms with Gasteiger partial charge in [-0.3, -0.25) is 4.90 Å². The zero-order chi connectivity index (χ0) is 20.4. The molecule has 1 spiro atoms. The first-order valence-corrected chi connectivity index (χ1v) is 9.85. The van der Waals surface area contributed by atoms with Crippen LogP contribution in [0, 0.1) is 0 Å². The third-order valence-corrected chi connectivity index (χ3v) is 5.34. The van der Waals surface area contributed by atoms with Crippen LogP contribution in [0.2, 0.25) is 0 Å². The van der Waals surface area contributed by atoms with Gasteiger partial charge in [-0.1, -0.05) is 6.42 Å². The maximum absolute atomic E-state index is 12.7. The van der Waals surface area contributed by atoms with Crippen LogP contribution in [0.25, 0.3) is 5.69 Å². The summed E-state index contributed by atoms with van der Waals surface area (Å²) < 4.78 is 7.02. The Morgan fingerprint density at radius 1 is 1.24 bits per heavy atom. The first-order chi connectivity index (χ1) is 14.0. The Hall–Kier alpha value is -3.36. The number of ether oxygens (including phenoxy) is 1. The average Bonchev–Trinajstić information content (AvgIpc) is 3.23. The molecule has 1 aliphatic heterocycles. The number of hydrogen-bond acceptors (Lipinski definition) is 8. The lowest BCUT2D eigenvalue weighted by Gasteiger charge is -2.46. The second-order valence-electron chi connectivity index (χ2n) is 7.19. The number of guanidine groups is 2. The van der Waals surface area contributed by atoms with Crippen LogP contribution in [0.15, 0.2) is 46.6 Å². The van der Waals surface area contributed by atoms with Gasteiger partial charge in [0, 0.05) is 12.4 Å². The maximum atomic E-state index is 12.7. The summed E-state index contributed by atoms with van der Waals surface area (Å²) in [6.45, 7) is 2.05. The number of carbonyl (C=O) groups excluding carboxylic acids is 1. The molecule has 4 rings (SSSR count). The van der Waals surface area contributed by atoms with E-state index in [2.05, 4.69) is 10.1 Å². The summed E-state index contributed by atoms with van der Waals surface area (Å²) in [6, 6.07) is 7.26. The van der Waals surface area contributed by atoms with Crippen molar-refractivity contribution in [3.05, 3.63) is 42.2 Å². The second-order valence-corrected chi connectivity index (χ2v) is 7.19. The summed E-state index contributed by atoms with van der Waals surface area (Å²) in [6.07, 6.45) is 8.20. The fraction of sp³-hybridized carbons (Fsp3) is 0.400. The standard InChI is InChI=1S/C20H25N7O2/c1-2-29-17(28)15-8-7-14(26-12-6-11-23-26)13-16(15)27-19(22)24-18(21)25-20(27)9-4-3-5-10-20/h6-8,11-13H,2-5,9-10H2,1H3,(H4,21,22,24,25). The van der Waals surface area contributed by atoms with Gasteiger partial charge in [0.2, 0.25) is 11.9 Å². The molecule has 1 aromatic carbocycles. The van der Waals surface area contributed by atoms with Gasteiger partial charge in [0.1, 0.15) is 5.66 Å². The molecule has 1 aliphatic carbocycles. The SMILES string of the molecule is CCOC(=O)c1ccc(-n2cccn2)cc1N1C(N)=NC(N)=NC12CCCCC2. The number of esters is 1. The third-order valence-electron chi connectivity index (χ3n) is 5.34. The third kappa shape index (κ3) is 3.43. The molecular weight excluding hydrogens is 370 g/mol. The van der Waals surface area contributed by atoms with E-state index in [1.165, 1.54) is 0 Å². The summed E-state index contributed by atoms with van der Waals surface area (Å²) in [5.41, 5.74) is 13.5. The maximum Gasteiger partial charge on any atom is 0.340 e. The quantitative estimate of drug-likeness (QED) is 0.765. The smallest absolute Gasteiger partial charge is 0.340 e. The minimum atomic E-state index is -0.655. The largest absolute Gasteiger partial charge is 0.462 e. The molecule has 4 N–H and O–H groups in total. The monoisotopic (exact) mass is 395 g/mol. The Morgan fingerprint density at radius 3 is 2.72 bits per heavy atom. The summed E-state index contributed by atoms with van der Waals surface area (Å²) in [5.74, 6) is -0.0278. The number of aliphatic imine (C=N–C) groups is 2. The fourth-order valence-corrected chi connectivity index (χ4v) is 4.12. The van der Waals surface area contributed by atoms with Crippen molar-refractivity contribution in [1.29, 1.82) is 0 Å². The molecule has 29 heavy (non-hydrogen) atoms. The molecule has 2 aliphatic rings. The first kappa shape index (κ1) is 19.0. The van der Waals surface area contributed by atoms with Crippen molar-refractivity contribution < 1.29 is 9.53 Å². The summed E-state index contributed by atoms with van der Waals surface area (Å²) >= 11 is 0. The molecule has 2 aromatic rings. The molecule has 2 heterocycles. The lowest BCUT2D eigenvalue weighted by Crippen LogP contribution is -2.58. The summed E-state index contributed by atoms with van der Waals surface area (Å²) in [4.78, 5) is 23.5. The second kappa shape index (κ2) is 7.57. The molecule has 0 unspecified atom stereocenters. The van der Waals surface area contributed by atoms with Crippen molar-refractivity contribution >= 4 is 23.6 Å². The van der Waals surface area contributed by atoms with Crippen LogP contribution < -0.4 is 16.4 Å². The van der Waals surface area contributed by atoms with Crippen molar-refractivity contribution in [3.8, 4) is 5.69 Å². The zero-order valence-corrected chi connectivity index (χ0v) is 16.4. The number of anilines is 1. The van der Waals surface area contributed by atoms with Crippen molar-refractivity contribution in [2.24, 2.45) is 21.5 Å². The van der Waals surface area contributed by atoms with Gasteiger partial charge in [0.05, 0.1) is 23.5 Å². The van der Waals surface area contributed by atoms with Crippen LogP contribution in [-0.2, 0) is 4.74 Å². The van der Waals surface area contributed by atoms with Crippen LogP contribution in [0.1, 0.15) is 49.4 Å². The fourth-order valence-electron chi connectivity index (χ4n) is 4.12. The van der Waals surface area contributed by atoms with Crippen molar-refractivity contribution in [2.75, 3.05) is 11.5 Å². The molecule has 9 nitrogen and oxygen atoms in total. The number of nitrogens with zero attached hydrogens (tertiary/aromatic N) is 5. The molecule has 0 amide bonds. The molecule has 1 fully saturated rings. The normalized spacial score (nSPS) is 18.3. The molecule has 0 saturated heterocycles. The minimum Gasteiger partial charge on any atom is -0.462 e. The van der Waals surface area contributed by atoms with E-state index < -0.39 is 11.6 Å². The number of hydrogen-bond donors (Lipinski definition) is 2. The van der Waals surface area contributed by atoms with Crippen LogP contribution in [0.3, 0.4) is 0 Å². The van der Waals surface area contributed by atoms with E-state index in [4.69, 9.17) is 21.2 Å². The molecule has 0 bridgehead atoms. The molecule has 0 radical (unpaired) electrons. The van der Waals surface area contributed by atoms with Gasteiger partial charge in [-0.15, -0.1) is 0 Å². The number of carbonyl (C=O) groups is 1. The van der Waals surface area contributed by atoms with Gasteiger partial charge in [0.25, 0.3) is 0 Å². The first-order valence-electron chi connectivity index (χ1n) is 9.85. The topological polar surface area (TPSA) is 124 Å². The van der Waals surface area contributed by atoms with Crippen LogP contribution in [-0.4, -0.2) is 39.9 Å². The molecular formula is C20H25N7O2. The summed E-state index contributed by atoms with van der Waals surface area (Å²) in [5, 5.41) is 4.29. The van der Waals surface area contributed by atoms with Gasteiger partial charge in [-0.05, 0) is 56.9 Å². The number of benzene rings is 1. The molecule has 0 atom stereocenters. The lowest BCUT2D eigenvalue weighted by atomic mass is 9.87. The lowest BCUT2D eigenvalue weighted by molar-refractivity contribution is 0.0527. The van der Waals surface area contributed by atoms with E-state index >= 15 is 0 Å². The van der Waals surface area contributed by atoms with Crippen molar-refractivity contribution in [2.45, 2.75) is 44.7 Å². The van der Waals surface area contributed by atoms with Gasteiger partial charge < -0.3 is 16.2 Å². The van der Waals surface area contributed by atoms with E-state index in [1.807, 2.05) is 29.3 Å². The Kier molecular flexibility index (Phi) is 4.96. The van der Waals surface area contributed by atoms with E-state index in [0.29, 0.717) is 11.3 Å². The number of rotatable bonds is 4. The van der Waals surface area contributed by atoms with Crippen molar-refractivity contribution in [3.63, 3.8) is 0 Å². The highest BCUT2D eigenvalue weighted by Crippen LogP contribution is 2.41. The van der Waals surface area contributed by atoms with Gasteiger partial charge >= 0.3 is 5.97 Å². The van der Waals surface area contributed by atoms with Gasteiger partial charge in [-0.25, -0.2) is 14.5 Å². The van der Waals surface area contributed by atoms with E-state index in [1.54, 1.807) is 23.9 Å². The minimum absolute atomic E-state index is 0.168. The Balaban J connectivity index is 1.89. The summed E-state index contributed by atoms with van der Waals surface area (Å²) in [7, 11) is 0.